The first-order chi connectivity index (χ1) is 5.38. The molecule has 2 aromatic rings. The third-order valence-electron chi connectivity index (χ3n) is 1.72. The van der Waals surface area contributed by atoms with Crippen molar-refractivity contribution < 1.29 is 0 Å². The number of nitrogen functional groups attached to an aromatic ring is 1. The van der Waals surface area contributed by atoms with Crippen LogP contribution in [0.25, 0.3) is 10.8 Å². The zero-order valence-electron chi connectivity index (χ0n) is 5.99. The first kappa shape index (κ1) is 8.53. The summed E-state index contributed by atoms with van der Waals surface area (Å²) in [5.41, 5.74) is 6.50. The molecule has 2 N–H and O–H groups in total. The molecule has 62 valence electrons. The maximum Gasteiger partial charge on any atom is 0.0409 e. The number of rotatable bonds is 0. The lowest BCUT2D eigenvalue weighted by atomic mass is 10.1. The van der Waals surface area contributed by atoms with E-state index in [1.54, 1.807) is 12.4 Å². The van der Waals surface area contributed by atoms with Crippen molar-refractivity contribution in [3.05, 3.63) is 36.7 Å². The molecule has 0 atom stereocenters. The molecule has 0 bridgehead atoms. The predicted octanol–water partition coefficient (Wildman–Crippen LogP) is 2.45. The van der Waals surface area contributed by atoms with Gasteiger partial charge in [0.1, 0.15) is 0 Å². The smallest absolute Gasteiger partial charge is 0.0409 e. The highest BCUT2D eigenvalue weighted by atomic mass is 14.6. The molecule has 0 saturated heterocycles. The lowest BCUT2D eigenvalue weighted by Crippen LogP contribution is -1.86. The number of fused-ring (bicyclic) bond motifs is 1. The van der Waals surface area contributed by atoms with Crippen LogP contribution in [0.5, 0.6) is 0 Å². The number of hydrogen-bond acceptors (Lipinski definition) is 2. The molecule has 0 aliphatic rings. The van der Waals surface area contributed by atoms with Gasteiger partial charge in [-0.15, -0.1) is 0 Å². The zero-order chi connectivity index (χ0) is 7.68. The molecule has 2 nitrogen and oxygen atoms in total. The van der Waals surface area contributed by atoms with Gasteiger partial charge in [0, 0.05) is 23.5 Å². The molecule has 0 fully saturated rings. The fraction of sp³-hybridized carbons (Fsp3) is 0.100. The van der Waals surface area contributed by atoms with Crippen LogP contribution in [0.1, 0.15) is 7.43 Å². The summed E-state index contributed by atoms with van der Waals surface area (Å²) in [6, 6.07) is 7.79. The van der Waals surface area contributed by atoms with Crippen molar-refractivity contribution in [2.24, 2.45) is 0 Å². The Bertz CT molecular complexity index is 377. The summed E-state index contributed by atoms with van der Waals surface area (Å²) in [5.74, 6) is 0. The number of benzene rings is 1. The third kappa shape index (κ3) is 1.23. The summed E-state index contributed by atoms with van der Waals surface area (Å²) in [6.07, 6.45) is 3.55. The second-order valence-corrected chi connectivity index (χ2v) is 2.44. The van der Waals surface area contributed by atoms with Crippen LogP contribution < -0.4 is 5.73 Å². The van der Waals surface area contributed by atoms with Gasteiger partial charge in [0.2, 0.25) is 0 Å². The average molecular weight is 160 g/mol. The predicted molar refractivity (Wildman–Crippen MR) is 52.9 cm³/mol. The Hall–Kier alpha value is -1.57. The topological polar surface area (TPSA) is 38.9 Å². The van der Waals surface area contributed by atoms with Gasteiger partial charge < -0.3 is 5.73 Å². The zero-order valence-corrected chi connectivity index (χ0v) is 5.99. The van der Waals surface area contributed by atoms with Crippen molar-refractivity contribution in [2.75, 3.05) is 5.73 Å². The van der Waals surface area contributed by atoms with E-state index in [2.05, 4.69) is 4.98 Å². The van der Waals surface area contributed by atoms with E-state index in [9.17, 15) is 0 Å². The van der Waals surface area contributed by atoms with Gasteiger partial charge in [-0.1, -0.05) is 19.6 Å². The summed E-state index contributed by atoms with van der Waals surface area (Å²) in [6.45, 7) is 0. The van der Waals surface area contributed by atoms with Crippen molar-refractivity contribution >= 4 is 16.5 Å². The van der Waals surface area contributed by atoms with E-state index in [-0.39, 0.29) is 7.43 Å². The number of anilines is 1. The Morgan fingerprint density at radius 3 is 2.75 bits per heavy atom. The standard InChI is InChI=1S/C9H8N2.CH4/c10-9-3-1-2-7-4-5-11-6-8(7)9;/h1-6H,10H2;1H4. The van der Waals surface area contributed by atoms with Crippen LogP contribution >= 0.6 is 0 Å². The van der Waals surface area contributed by atoms with Crippen molar-refractivity contribution in [1.82, 2.24) is 4.98 Å². The average Bonchev–Trinajstić information content (AvgIpc) is 2.06. The molecule has 0 aliphatic carbocycles. The van der Waals surface area contributed by atoms with E-state index in [1.807, 2.05) is 24.3 Å². The van der Waals surface area contributed by atoms with E-state index >= 15 is 0 Å². The van der Waals surface area contributed by atoms with Gasteiger partial charge in [-0.25, -0.2) is 0 Å². The van der Waals surface area contributed by atoms with Crippen LogP contribution in [0.4, 0.5) is 5.69 Å². The molecule has 0 amide bonds. The SMILES string of the molecule is C.Nc1cccc2ccncc12. The molecular weight excluding hydrogens is 148 g/mol. The first-order valence-corrected chi connectivity index (χ1v) is 3.46. The molecule has 0 aliphatic heterocycles. The van der Waals surface area contributed by atoms with Gasteiger partial charge in [-0.2, -0.15) is 0 Å². The Kier molecular flexibility index (Phi) is 2.29. The Balaban J connectivity index is 0.000000720. The third-order valence-corrected chi connectivity index (χ3v) is 1.72. The van der Waals surface area contributed by atoms with Crippen molar-refractivity contribution in [3.63, 3.8) is 0 Å². The summed E-state index contributed by atoms with van der Waals surface area (Å²) in [4.78, 5) is 3.99. The van der Waals surface area contributed by atoms with Gasteiger partial charge in [-0.3, -0.25) is 4.98 Å². The van der Waals surface area contributed by atoms with E-state index in [1.165, 1.54) is 0 Å². The molecule has 1 heterocycles. The van der Waals surface area contributed by atoms with Crippen LogP contribution in [0, 0.1) is 0 Å². The molecule has 2 rings (SSSR count). The fourth-order valence-electron chi connectivity index (χ4n) is 1.14. The molecular formula is C10H12N2. The summed E-state index contributed by atoms with van der Waals surface area (Å²) < 4.78 is 0. The van der Waals surface area contributed by atoms with Crippen molar-refractivity contribution in [1.29, 1.82) is 0 Å². The molecule has 0 radical (unpaired) electrons. The normalized spacial score (nSPS) is 9.33. The second kappa shape index (κ2) is 3.22. The summed E-state index contributed by atoms with van der Waals surface area (Å²) in [5, 5.41) is 2.16. The minimum absolute atomic E-state index is 0. The van der Waals surface area contributed by atoms with Crippen molar-refractivity contribution in [3.8, 4) is 0 Å². The first-order valence-electron chi connectivity index (χ1n) is 3.46. The number of nitrogens with zero attached hydrogens (tertiary/aromatic N) is 1. The molecule has 2 heteroatoms. The monoisotopic (exact) mass is 160 g/mol. The molecule has 1 aromatic carbocycles. The van der Waals surface area contributed by atoms with E-state index in [0.717, 1.165) is 16.5 Å². The lowest BCUT2D eigenvalue weighted by molar-refractivity contribution is 1.36. The molecule has 1 aromatic heterocycles. The highest BCUT2D eigenvalue weighted by molar-refractivity contribution is 5.91. The van der Waals surface area contributed by atoms with Crippen LogP contribution in [0.3, 0.4) is 0 Å². The highest BCUT2D eigenvalue weighted by Gasteiger charge is 1.93. The molecule has 0 spiro atoms. The number of nitrogens with two attached hydrogens (primary N) is 1. The number of pyridine rings is 1. The maximum atomic E-state index is 5.72. The van der Waals surface area contributed by atoms with Gasteiger partial charge in [0.15, 0.2) is 0 Å². The number of aromatic nitrogens is 1. The Morgan fingerprint density at radius 2 is 2.00 bits per heavy atom. The van der Waals surface area contributed by atoms with E-state index < -0.39 is 0 Å². The van der Waals surface area contributed by atoms with Crippen LogP contribution in [-0.2, 0) is 0 Å². The number of hydrogen-bond donors (Lipinski definition) is 1. The van der Waals surface area contributed by atoms with Crippen LogP contribution in [0.15, 0.2) is 36.7 Å². The lowest BCUT2D eigenvalue weighted by Gasteiger charge is -1.98. The molecule has 0 unspecified atom stereocenters. The van der Waals surface area contributed by atoms with Gasteiger partial charge in [0.05, 0.1) is 0 Å². The fourth-order valence-corrected chi connectivity index (χ4v) is 1.14. The quantitative estimate of drug-likeness (QED) is 0.601. The van der Waals surface area contributed by atoms with Crippen LogP contribution in [-0.4, -0.2) is 4.98 Å². The van der Waals surface area contributed by atoms with Crippen LogP contribution in [0.2, 0.25) is 0 Å². The highest BCUT2D eigenvalue weighted by Crippen LogP contribution is 2.18. The maximum absolute atomic E-state index is 5.72. The van der Waals surface area contributed by atoms with Gasteiger partial charge >= 0.3 is 0 Å². The second-order valence-electron chi connectivity index (χ2n) is 2.44. The largest absolute Gasteiger partial charge is 0.398 e. The van der Waals surface area contributed by atoms with Gasteiger partial charge in [0.25, 0.3) is 0 Å². The molecule has 0 saturated carbocycles. The Labute approximate surface area is 72.0 Å². The van der Waals surface area contributed by atoms with E-state index in [0.29, 0.717) is 0 Å². The van der Waals surface area contributed by atoms with Crippen molar-refractivity contribution in [2.45, 2.75) is 7.43 Å². The minimum atomic E-state index is 0. The summed E-state index contributed by atoms with van der Waals surface area (Å²) in [7, 11) is 0. The molecule has 12 heavy (non-hydrogen) atoms. The van der Waals surface area contributed by atoms with E-state index in [4.69, 9.17) is 5.73 Å². The minimum Gasteiger partial charge on any atom is -0.398 e. The summed E-state index contributed by atoms with van der Waals surface area (Å²) >= 11 is 0. The van der Waals surface area contributed by atoms with Gasteiger partial charge in [-0.05, 0) is 17.5 Å². The Morgan fingerprint density at radius 1 is 1.17 bits per heavy atom.